The molecule has 0 radical (unpaired) electrons. The highest BCUT2D eigenvalue weighted by Crippen LogP contribution is 2.33. The molecule has 0 aromatic heterocycles. The van der Waals surface area contributed by atoms with Crippen LogP contribution in [0.2, 0.25) is 0 Å². The number of nitrogens with one attached hydrogen (secondary N) is 1. The van der Waals surface area contributed by atoms with E-state index in [-0.39, 0.29) is 11.4 Å². The van der Waals surface area contributed by atoms with Gasteiger partial charge in [0.15, 0.2) is 0 Å². The van der Waals surface area contributed by atoms with Crippen molar-refractivity contribution in [3.63, 3.8) is 0 Å². The van der Waals surface area contributed by atoms with Crippen molar-refractivity contribution < 1.29 is 4.79 Å². The minimum absolute atomic E-state index is 0.00555. The van der Waals surface area contributed by atoms with Crippen LogP contribution in [0.4, 0.5) is 0 Å². The Balaban J connectivity index is 2.14. The summed E-state index contributed by atoms with van der Waals surface area (Å²) in [5.41, 5.74) is 3.03. The molecule has 3 heteroatoms. The summed E-state index contributed by atoms with van der Waals surface area (Å²) in [5, 5.41) is 4.01. The zero-order chi connectivity index (χ0) is 12.5. The molecule has 2 nitrogen and oxygen atoms in total. The maximum Gasteiger partial charge on any atom is 0.252 e. The van der Waals surface area contributed by atoms with E-state index in [0.29, 0.717) is 0 Å². The number of rotatable bonds is 3. The molecule has 17 heavy (non-hydrogen) atoms. The van der Waals surface area contributed by atoms with Gasteiger partial charge in [-0.1, -0.05) is 33.6 Å². The number of carbonyl (C=O) groups is 1. The van der Waals surface area contributed by atoms with E-state index in [9.17, 15) is 4.79 Å². The predicted octanol–water partition coefficient (Wildman–Crippen LogP) is 3.35. The number of hydrogen-bond acceptors (Lipinski definition) is 1. The average Bonchev–Trinajstić information content (AvgIpc) is 2.23. The molecule has 0 aliphatic heterocycles. The Morgan fingerprint density at radius 1 is 1.41 bits per heavy atom. The maximum absolute atomic E-state index is 12.2. The third-order valence-corrected chi connectivity index (χ3v) is 4.65. The van der Waals surface area contributed by atoms with Gasteiger partial charge in [-0.3, -0.25) is 4.79 Å². The number of halogens is 1. The average molecular weight is 296 g/mol. The van der Waals surface area contributed by atoms with E-state index >= 15 is 0 Å². The van der Waals surface area contributed by atoms with Crippen LogP contribution in [0.3, 0.4) is 0 Å². The van der Waals surface area contributed by atoms with Crippen molar-refractivity contribution in [2.24, 2.45) is 0 Å². The molecule has 1 amide bonds. The summed E-state index contributed by atoms with van der Waals surface area (Å²) in [6.07, 6.45) is 3.36. The van der Waals surface area contributed by atoms with Gasteiger partial charge in [0.2, 0.25) is 0 Å². The zero-order valence-corrected chi connectivity index (χ0v) is 11.9. The lowest BCUT2D eigenvalue weighted by Crippen LogP contribution is -2.55. The lowest BCUT2D eigenvalue weighted by atomic mass is 9.78. The monoisotopic (exact) mass is 295 g/mol. The molecule has 0 spiro atoms. The molecule has 1 fully saturated rings. The number of alkyl halides is 1. The van der Waals surface area contributed by atoms with Gasteiger partial charge in [-0.15, -0.1) is 0 Å². The first-order valence-electron chi connectivity index (χ1n) is 6.02. The van der Waals surface area contributed by atoms with Crippen molar-refractivity contribution in [1.82, 2.24) is 5.32 Å². The third kappa shape index (κ3) is 2.54. The summed E-state index contributed by atoms with van der Waals surface area (Å²) in [6, 6.07) is 5.96. The standard InChI is InChI=1S/C14H18BrNO/c1-10-4-5-12(11(2)8-10)13(17)16-14(9-15)6-3-7-14/h4-5,8H,3,6-7,9H2,1-2H3,(H,16,17). The van der Waals surface area contributed by atoms with E-state index in [1.165, 1.54) is 12.0 Å². The van der Waals surface area contributed by atoms with Crippen LogP contribution in [-0.2, 0) is 0 Å². The number of amides is 1. The molecular weight excluding hydrogens is 278 g/mol. The lowest BCUT2D eigenvalue weighted by Gasteiger charge is -2.41. The SMILES string of the molecule is Cc1ccc(C(=O)NC2(CBr)CCC2)c(C)c1. The Kier molecular flexibility index (Phi) is 3.57. The molecule has 1 aromatic rings. The number of carbonyl (C=O) groups excluding carboxylic acids is 1. The van der Waals surface area contributed by atoms with Crippen LogP contribution in [0.15, 0.2) is 18.2 Å². The van der Waals surface area contributed by atoms with Crippen LogP contribution < -0.4 is 5.32 Å². The Morgan fingerprint density at radius 3 is 2.59 bits per heavy atom. The van der Waals surface area contributed by atoms with Gasteiger partial charge in [-0.05, 0) is 44.7 Å². The fourth-order valence-corrected chi connectivity index (χ4v) is 2.97. The van der Waals surface area contributed by atoms with E-state index in [0.717, 1.165) is 29.3 Å². The summed E-state index contributed by atoms with van der Waals surface area (Å²) >= 11 is 3.50. The van der Waals surface area contributed by atoms with Gasteiger partial charge < -0.3 is 5.32 Å². The Hall–Kier alpha value is -0.830. The second-order valence-corrected chi connectivity index (χ2v) is 5.60. The molecule has 1 aromatic carbocycles. The molecule has 1 aliphatic rings. The second kappa shape index (κ2) is 4.81. The number of hydrogen-bond donors (Lipinski definition) is 1. The van der Waals surface area contributed by atoms with Crippen LogP contribution >= 0.6 is 15.9 Å². The summed E-state index contributed by atoms with van der Waals surface area (Å²) in [6.45, 7) is 4.03. The molecule has 0 bridgehead atoms. The van der Waals surface area contributed by atoms with Crippen molar-refractivity contribution in [3.05, 3.63) is 34.9 Å². The van der Waals surface area contributed by atoms with Crippen LogP contribution in [0.5, 0.6) is 0 Å². The lowest BCUT2D eigenvalue weighted by molar-refractivity contribution is 0.0856. The fraction of sp³-hybridized carbons (Fsp3) is 0.500. The largest absolute Gasteiger partial charge is 0.346 e. The van der Waals surface area contributed by atoms with Gasteiger partial charge in [-0.2, -0.15) is 0 Å². The summed E-state index contributed by atoms with van der Waals surface area (Å²) in [4.78, 5) is 12.2. The molecule has 1 saturated carbocycles. The van der Waals surface area contributed by atoms with E-state index in [4.69, 9.17) is 0 Å². The Morgan fingerprint density at radius 2 is 2.12 bits per heavy atom. The second-order valence-electron chi connectivity index (χ2n) is 5.04. The molecule has 2 rings (SSSR count). The van der Waals surface area contributed by atoms with Crippen molar-refractivity contribution in [2.75, 3.05) is 5.33 Å². The van der Waals surface area contributed by atoms with E-state index in [2.05, 4.69) is 27.3 Å². The van der Waals surface area contributed by atoms with Crippen LogP contribution in [0, 0.1) is 13.8 Å². The topological polar surface area (TPSA) is 29.1 Å². The maximum atomic E-state index is 12.2. The van der Waals surface area contributed by atoms with Gasteiger partial charge in [0.25, 0.3) is 5.91 Å². The highest BCUT2D eigenvalue weighted by Gasteiger charge is 2.37. The van der Waals surface area contributed by atoms with Crippen LogP contribution in [0.25, 0.3) is 0 Å². The molecule has 1 aliphatic carbocycles. The third-order valence-electron chi connectivity index (χ3n) is 3.57. The molecule has 0 atom stereocenters. The highest BCUT2D eigenvalue weighted by molar-refractivity contribution is 9.09. The molecule has 92 valence electrons. The predicted molar refractivity (Wildman–Crippen MR) is 73.8 cm³/mol. The summed E-state index contributed by atoms with van der Waals surface area (Å²) < 4.78 is 0. The first-order valence-corrected chi connectivity index (χ1v) is 7.14. The molecule has 0 heterocycles. The normalized spacial score (nSPS) is 17.4. The van der Waals surface area contributed by atoms with Gasteiger partial charge in [-0.25, -0.2) is 0 Å². The molecule has 0 unspecified atom stereocenters. The quantitative estimate of drug-likeness (QED) is 0.852. The highest BCUT2D eigenvalue weighted by atomic mass is 79.9. The molecule has 0 saturated heterocycles. The Labute approximate surface area is 111 Å². The van der Waals surface area contributed by atoms with Crippen molar-refractivity contribution in [3.8, 4) is 0 Å². The van der Waals surface area contributed by atoms with E-state index in [1.807, 2.05) is 26.0 Å². The van der Waals surface area contributed by atoms with Crippen molar-refractivity contribution >= 4 is 21.8 Å². The minimum atomic E-state index is -0.00555. The zero-order valence-electron chi connectivity index (χ0n) is 10.3. The number of benzene rings is 1. The molecule has 1 N–H and O–H groups in total. The van der Waals surface area contributed by atoms with Gasteiger partial charge in [0.1, 0.15) is 0 Å². The number of aryl methyl sites for hydroxylation is 2. The van der Waals surface area contributed by atoms with Crippen LogP contribution in [-0.4, -0.2) is 16.8 Å². The van der Waals surface area contributed by atoms with Gasteiger partial charge in [0, 0.05) is 10.9 Å². The summed E-state index contributed by atoms with van der Waals surface area (Å²) in [7, 11) is 0. The first-order chi connectivity index (χ1) is 8.06. The minimum Gasteiger partial charge on any atom is -0.346 e. The molecular formula is C14H18BrNO. The summed E-state index contributed by atoms with van der Waals surface area (Å²) in [5.74, 6) is 0.0571. The fourth-order valence-electron chi connectivity index (χ4n) is 2.27. The van der Waals surface area contributed by atoms with Crippen LogP contribution in [0.1, 0.15) is 40.7 Å². The smallest absolute Gasteiger partial charge is 0.252 e. The Bertz CT molecular complexity index is 432. The van der Waals surface area contributed by atoms with E-state index < -0.39 is 0 Å². The van der Waals surface area contributed by atoms with Crippen molar-refractivity contribution in [2.45, 2.75) is 38.6 Å². The van der Waals surface area contributed by atoms with Crippen molar-refractivity contribution in [1.29, 1.82) is 0 Å². The van der Waals surface area contributed by atoms with Gasteiger partial charge in [0.05, 0.1) is 5.54 Å². The first kappa shape index (κ1) is 12.6. The van der Waals surface area contributed by atoms with Gasteiger partial charge >= 0.3 is 0 Å². The van der Waals surface area contributed by atoms with E-state index in [1.54, 1.807) is 0 Å².